The molecule has 1 heterocycles. The van der Waals surface area contributed by atoms with E-state index >= 15 is 0 Å². The molecule has 6 nitrogen and oxygen atoms in total. The molecule has 0 spiro atoms. The number of carbonyl (C=O) groups is 2. The van der Waals surface area contributed by atoms with Crippen molar-refractivity contribution in [2.45, 2.75) is 24.7 Å². The van der Waals surface area contributed by atoms with Gasteiger partial charge in [-0.25, -0.2) is 4.90 Å². The fourth-order valence-corrected chi connectivity index (χ4v) is 6.79. The number of anilines is 1. The van der Waals surface area contributed by atoms with Gasteiger partial charge in [-0.15, -0.1) is 0 Å². The maximum Gasteiger partial charge on any atom is 0.289 e. The SMILES string of the molecule is CC12c3ccccc3C(C)(c3ccccc31)[C@H]1C(=O)N(c3ccc(Cl)c([N+](=O)[O-])c3)C(=O)[C@@H]12. The van der Waals surface area contributed by atoms with Crippen molar-refractivity contribution in [1.29, 1.82) is 0 Å². The number of carbonyl (C=O) groups excluding carboxylic acids is 2. The number of hydrogen-bond acceptors (Lipinski definition) is 4. The molecule has 7 heteroatoms. The molecule has 0 unspecified atom stereocenters. The van der Waals surface area contributed by atoms with Crippen LogP contribution in [0.1, 0.15) is 36.1 Å². The van der Waals surface area contributed by atoms with Gasteiger partial charge < -0.3 is 0 Å². The first-order chi connectivity index (χ1) is 15.7. The lowest BCUT2D eigenvalue weighted by molar-refractivity contribution is -0.384. The molecule has 0 radical (unpaired) electrons. The monoisotopic (exact) mass is 458 g/mol. The second kappa shape index (κ2) is 6.29. The van der Waals surface area contributed by atoms with Crippen LogP contribution >= 0.6 is 11.6 Å². The van der Waals surface area contributed by atoms with E-state index in [0.717, 1.165) is 27.2 Å². The van der Waals surface area contributed by atoms with Crippen LogP contribution in [-0.4, -0.2) is 16.7 Å². The summed E-state index contributed by atoms with van der Waals surface area (Å²) in [6, 6.07) is 20.1. The second-order valence-corrected chi connectivity index (χ2v) is 9.76. The second-order valence-electron chi connectivity index (χ2n) is 9.36. The Hall–Kier alpha value is -3.51. The highest BCUT2D eigenvalue weighted by atomic mass is 35.5. The molecule has 33 heavy (non-hydrogen) atoms. The standard InChI is InChI=1S/C26H19ClN2O4/c1-25-15-7-3-5-9-17(15)26(2,18-10-6-4-8-16(18)25)22-21(25)23(30)28(24(22)31)14-11-12-19(27)20(13-14)29(32)33/h3-13,21-22H,1-2H3/t21-,22-,25?,26?/m1/s1. The molecule has 1 aliphatic heterocycles. The van der Waals surface area contributed by atoms with Gasteiger partial charge in [-0.05, 0) is 34.4 Å². The molecule has 3 aliphatic carbocycles. The van der Waals surface area contributed by atoms with Crippen molar-refractivity contribution >= 4 is 34.8 Å². The van der Waals surface area contributed by atoms with Gasteiger partial charge in [-0.2, -0.15) is 0 Å². The summed E-state index contributed by atoms with van der Waals surface area (Å²) >= 11 is 5.98. The highest BCUT2D eigenvalue weighted by Gasteiger charge is 2.70. The van der Waals surface area contributed by atoms with Crippen LogP contribution in [0.25, 0.3) is 0 Å². The molecule has 1 saturated heterocycles. The van der Waals surface area contributed by atoms with Gasteiger partial charge in [0, 0.05) is 16.9 Å². The highest BCUT2D eigenvalue weighted by molar-refractivity contribution is 6.33. The number of nitro benzene ring substituents is 1. The number of benzene rings is 3. The third-order valence-electron chi connectivity index (χ3n) is 8.03. The van der Waals surface area contributed by atoms with E-state index in [9.17, 15) is 19.7 Å². The van der Waals surface area contributed by atoms with Gasteiger partial charge in [0.05, 0.1) is 22.4 Å². The minimum absolute atomic E-state index is 0.0425. The number of imide groups is 1. The van der Waals surface area contributed by atoms with Crippen LogP contribution in [0.2, 0.25) is 5.02 Å². The Morgan fingerprint density at radius 2 is 1.24 bits per heavy atom. The largest absolute Gasteiger partial charge is 0.289 e. The third kappa shape index (κ3) is 2.19. The van der Waals surface area contributed by atoms with E-state index in [4.69, 9.17) is 11.6 Å². The Bertz CT molecular complexity index is 1290. The van der Waals surface area contributed by atoms with E-state index in [1.54, 1.807) is 0 Å². The molecular formula is C26H19ClN2O4. The molecule has 4 aliphatic rings. The van der Waals surface area contributed by atoms with Gasteiger partial charge in [0.25, 0.3) is 5.69 Å². The number of nitrogens with zero attached hydrogens (tertiary/aromatic N) is 2. The van der Waals surface area contributed by atoms with Gasteiger partial charge in [0.15, 0.2) is 0 Å². The van der Waals surface area contributed by atoms with Crippen LogP contribution < -0.4 is 4.90 Å². The quantitative estimate of drug-likeness (QED) is 0.307. The molecule has 2 atom stereocenters. The summed E-state index contributed by atoms with van der Waals surface area (Å²) in [5.41, 5.74) is 2.65. The number of halogens is 1. The lowest BCUT2D eigenvalue weighted by Gasteiger charge is -2.57. The molecule has 164 valence electrons. The topological polar surface area (TPSA) is 80.5 Å². The average Bonchev–Trinajstić information content (AvgIpc) is 3.09. The number of amides is 2. The zero-order valence-electron chi connectivity index (χ0n) is 17.9. The first kappa shape index (κ1) is 20.1. The minimum atomic E-state index is -0.699. The van der Waals surface area contributed by atoms with E-state index in [2.05, 4.69) is 0 Å². The van der Waals surface area contributed by atoms with Crippen molar-refractivity contribution in [2.75, 3.05) is 4.90 Å². The van der Waals surface area contributed by atoms with Gasteiger partial charge in [-0.1, -0.05) is 74.0 Å². The van der Waals surface area contributed by atoms with Crippen molar-refractivity contribution in [1.82, 2.24) is 0 Å². The normalized spacial score (nSPS) is 29.0. The van der Waals surface area contributed by atoms with E-state index in [-0.39, 0.29) is 28.2 Å². The summed E-state index contributed by atoms with van der Waals surface area (Å²) in [5, 5.41) is 11.4. The lowest BCUT2D eigenvalue weighted by atomic mass is 9.42. The van der Waals surface area contributed by atoms with Gasteiger partial charge >= 0.3 is 0 Å². The Kier molecular flexibility index (Phi) is 3.84. The first-order valence-corrected chi connectivity index (χ1v) is 11.1. The zero-order chi connectivity index (χ0) is 23.3. The van der Waals surface area contributed by atoms with Crippen LogP contribution in [0.5, 0.6) is 0 Å². The number of rotatable bonds is 2. The van der Waals surface area contributed by atoms with Gasteiger partial charge in [0.2, 0.25) is 11.8 Å². The molecule has 7 rings (SSSR count). The molecule has 2 amide bonds. The van der Waals surface area contributed by atoms with Crippen molar-refractivity contribution in [3.8, 4) is 0 Å². The minimum Gasteiger partial charge on any atom is -0.274 e. The predicted molar refractivity (Wildman–Crippen MR) is 123 cm³/mol. The molecule has 2 bridgehead atoms. The maximum absolute atomic E-state index is 14.0. The summed E-state index contributed by atoms with van der Waals surface area (Å²) in [5.74, 6) is -1.90. The maximum atomic E-state index is 14.0. The fraction of sp³-hybridized carbons (Fsp3) is 0.231. The molecule has 1 fully saturated rings. The van der Waals surface area contributed by atoms with Crippen molar-refractivity contribution in [3.63, 3.8) is 0 Å². The van der Waals surface area contributed by atoms with Crippen LogP contribution in [0.4, 0.5) is 11.4 Å². The molecule has 0 N–H and O–H groups in total. The molecule has 0 saturated carbocycles. The van der Waals surface area contributed by atoms with E-state index < -0.39 is 27.6 Å². The van der Waals surface area contributed by atoms with Crippen molar-refractivity contribution in [2.24, 2.45) is 11.8 Å². The van der Waals surface area contributed by atoms with Crippen molar-refractivity contribution in [3.05, 3.63) is 104 Å². The van der Waals surface area contributed by atoms with Crippen LogP contribution in [-0.2, 0) is 20.4 Å². The summed E-state index contributed by atoms with van der Waals surface area (Å²) in [6.07, 6.45) is 0. The number of nitro groups is 1. The summed E-state index contributed by atoms with van der Waals surface area (Å²) in [7, 11) is 0. The molecule has 0 aromatic heterocycles. The highest BCUT2D eigenvalue weighted by Crippen LogP contribution is 2.66. The molecular weight excluding hydrogens is 440 g/mol. The Morgan fingerprint density at radius 3 is 1.64 bits per heavy atom. The molecule has 3 aromatic rings. The van der Waals surface area contributed by atoms with E-state index in [0.29, 0.717) is 0 Å². The lowest BCUT2D eigenvalue weighted by Crippen LogP contribution is -2.59. The first-order valence-electron chi connectivity index (χ1n) is 10.7. The van der Waals surface area contributed by atoms with Crippen molar-refractivity contribution < 1.29 is 14.5 Å². The number of hydrogen-bond donors (Lipinski definition) is 0. The third-order valence-corrected chi connectivity index (χ3v) is 8.35. The van der Waals surface area contributed by atoms with Gasteiger partial charge in [-0.3, -0.25) is 19.7 Å². The van der Waals surface area contributed by atoms with Gasteiger partial charge in [0.1, 0.15) is 5.02 Å². The van der Waals surface area contributed by atoms with Crippen LogP contribution in [0, 0.1) is 22.0 Å². The predicted octanol–water partition coefficient (Wildman–Crippen LogP) is 4.99. The Morgan fingerprint density at radius 1 is 0.818 bits per heavy atom. The summed E-state index contributed by atoms with van der Waals surface area (Å²) in [4.78, 5) is 39.9. The average molecular weight is 459 g/mol. The smallest absolute Gasteiger partial charge is 0.274 e. The van der Waals surface area contributed by atoms with E-state index in [1.165, 1.54) is 18.2 Å². The van der Waals surface area contributed by atoms with E-state index in [1.807, 2.05) is 62.4 Å². The van der Waals surface area contributed by atoms with Crippen LogP contribution in [0.3, 0.4) is 0 Å². The summed E-state index contributed by atoms with van der Waals surface area (Å²) < 4.78 is 0. The molecule has 3 aromatic carbocycles. The fourth-order valence-electron chi connectivity index (χ4n) is 6.61. The van der Waals surface area contributed by atoms with Crippen LogP contribution in [0.15, 0.2) is 66.7 Å². The zero-order valence-corrected chi connectivity index (χ0v) is 18.7. The Balaban J connectivity index is 1.62. The Labute approximate surface area is 194 Å². The summed E-state index contributed by atoms with van der Waals surface area (Å²) in [6.45, 7) is 4.08.